The summed E-state index contributed by atoms with van der Waals surface area (Å²) < 4.78 is 14.0. The first-order valence-electron chi connectivity index (χ1n) is 5.39. The molecule has 2 N–H and O–H groups in total. The number of halogens is 2. The highest BCUT2D eigenvalue weighted by Crippen LogP contribution is 2.22. The van der Waals surface area contributed by atoms with E-state index in [1.165, 1.54) is 12.1 Å². The van der Waals surface area contributed by atoms with Crippen LogP contribution in [-0.4, -0.2) is 17.8 Å². The fraction of sp³-hybridized carbons (Fsp3) is 0.500. The van der Waals surface area contributed by atoms with E-state index >= 15 is 0 Å². The van der Waals surface area contributed by atoms with Crippen LogP contribution in [0.15, 0.2) is 22.7 Å². The molecule has 0 aromatic heterocycles. The quantitative estimate of drug-likeness (QED) is 0.873. The maximum Gasteiger partial charge on any atom is 0.124 e. The Morgan fingerprint density at radius 2 is 2.12 bits per heavy atom. The van der Waals surface area contributed by atoms with Gasteiger partial charge >= 0.3 is 0 Å². The van der Waals surface area contributed by atoms with Crippen molar-refractivity contribution in [1.82, 2.24) is 5.32 Å². The van der Waals surface area contributed by atoms with E-state index in [9.17, 15) is 4.39 Å². The van der Waals surface area contributed by atoms with E-state index in [2.05, 4.69) is 21.2 Å². The highest BCUT2D eigenvalue weighted by molar-refractivity contribution is 9.10. The Bertz CT molecular complexity index is 326. The fourth-order valence-electron chi connectivity index (χ4n) is 1.62. The van der Waals surface area contributed by atoms with Crippen molar-refractivity contribution in [1.29, 1.82) is 0 Å². The molecule has 0 aliphatic rings. The Hall–Kier alpha value is -0.450. The number of hydrogen-bond donors (Lipinski definition) is 2. The zero-order valence-corrected chi connectivity index (χ0v) is 11.1. The van der Waals surface area contributed by atoms with Crippen LogP contribution in [0.5, 0.6) is 0 Å². The van der Waals surface area contributed by atoms with Gasteiger partial charge in [0.15, 0.2) is 0 Å². The Balaban J connectivity index is 2.86. The van der Waals surface area contributed by atoms with Crippen LogP contribution >= 0.6 is 15.9 Å². The summed E-state index contributed by atoms with van der Waals surface area (Å²) in [6.45, 7) is 4.00. The van der Waals surface area contributed by atoms with Gasteiger partial charge < -0.3 is 10.4 Å². The van der Waals surface area contributed by atoms with Gasteiger partial charge in [0.25, 0.3) is 0 Å². The molecule has 90 valence electrons. The minimum atomic E-state index is -0.249. The zero-order valence-electron chi connectivity index (χ0n) is 9.50. The monoisotopic (exact) mass is 289 g/mol. The Labute approximate surface area is 104 Å². The van der Waals surface area contributed by atoms with E-state index in [1.807, 2.05) is 19.9 Å². The third kappa shape index (κ3) is 3.85. The van der Waals surface area contributed by atoms with E-state index in [4.69, 9.17) is 5.11 Å². The highest BCUT2D eigenvalue weighted by atomic mass is 79.9. The van der Waals surface area contributed by atoms with Crippen molar-refractivity contribution < 1.29 is 9.50 Å². The summed E-state index contributed by atoms with van der Waals surface area (Å²) in [5.41, 5.74) is 0.898. The number of aliphatic hydroxyl groups excluding tert-OH is 1. The summed E-state index contributed by atoms with van der Waals surface area (Å²) in [5, 5.41) is 12.2. The lowest BCUT2D eigenvalue weighted by Crippen LogP contribution is -2.32. The Kier molecular flexibility index (Phi) is 5.38. The number of rotatable bonds is 5. The molecule has 0 radical (unpaired) electrons. The summed E-state index contributed by atoms with van der Waals surface area (Å²) in [7, 11) is 0. The first-order valence-corrected chi connectivity index (χ1v) is 6.19. The molecule has 0 aliphatic heterocycles. The summed E-state index contributed by atoms with van der Waals surface area (Å²) in [5.74, 6) is -0.249. The molecule has 16 heavy (non-hydrogen) atoms. The molecule has 0 fully saturated rings. The lowest BCUT2D eigenvalue weighted by molar-refractivity contribution is 0.239. The molecule has 0 heterocycles. The van der Waals surface area contributed by atoms with Crippen molar-refractivity contribution in [3.63, 3.8) is 0 Å². The van der Waals surface area contributed by atoms with Crippen molar-refractivity contribution in [2.45, 2.75) is 32.4 Å². The molecule has 0 amide bonds. The van der Waals surface area contributed by atoms with Gasteiger partial charge in [0, 0.05) is 16.6 Å². The number of aliphatic hydroxyl groups is 1. The van der Waals surface area contributed by atoms with Crippen LogP contribution in [-0.2, 0) is 0 Å². The third-order valence-corrected chi connectivity index (χ3v) is 2.91. The van der Waals surface area contributed by atoms with Gasteiger partial charge in [-0.25, -0.2) is 4.39 Å². The molecule has 2 unspecified atom stereocenters. The van der Waals surface area contributed by atoms with Gasteiger partial charge in [0.05, 0.1) is 6.61 Å². The van der Waals surface area contributed by atoms with Gasteiger partial charge in [0.2, 0.25) is 0 Å². The van der Waals surface area contributed by atoms with Crippen molar-refractivity contribution >= 4 is 15.9 Å². The molecule has 2 atom stereocenters. The molecule has 0 spiro atoms. The lowest BCUT2D eigenvalue weighted by Gasteiger charge is -2.21. The Morgan fingerprint density at radius 1 is 1.44 bits per heavy atom. The third-order valence-electron chi connectivity index (χ3n) is 2.46. The second-order valence-corrected chi connectivity index (χ2v) is 4.83. The van der Waals surface area contributed by atoms with Crippen LogP contribution in [0.3, 0.4) is 0 Å². The number of benzene rings is 1. The normalized spacial score (nSPS) is 14.8. The van der Waals surface area contributed by atoms with Gasteiger partial charge in [-0.1, -0.05) is 22.9 Å². The summed E-state index contributed by atoms with van der Waals surface area (Å²) in [4.78, 5) is 0. The summed E-state index contributed by atoms with van der Waals surface area (Å²) >= 11 is 3.28. The average molecular weight is 290 g/mol. The minimum Gasteiger partial charge on any atom is -0.395 e. The first-order chi connectivity index (χ1) is 7.56. The van der Waals surface area contributed by atoms with Crippen LogP contribution in [0.2, 0.25) is 0 Å². The fourth-order valence-corrected chi connectivity index (χ4v) is 2.11. The predicted molar refractivity (Wildman–Crippen MR) is 66.8 cm³/mol. The van der Waals surface area contributed by atoms with Crippen LogP contribution < -0.4 is 5.32 Å². The van der Waals surface area contributed by atoms with Gasteiger partial charge in [-0.2, -0.15) is 0 Å². The van der Waals surface area contributed by atoms with E-state index in [-0.39, 0.29) is 24.5 Å². The largest absolute Gasteiger partial charge is 0.395 e. The lowest BCUT2D eigenvalue weighted by atomic mass is 10.0. The molecular formula is C12H17BrFNO. The second-order valence-electron chi connectivity index (χ2n) is 3.91. The van der Waals surface area contributed by atoms with Crippen molar-refractivity contribution in [3.8, 4) is 0 Å². The van der Waals surface area contributed by atoms with Crippen molar-refractivity contribution in [2.24, 2.45) is 0 Å². The topological polar surface area (TPSA) is 32.3 Å². The smallest absolute Gasteiger partial charge is 0.124 e. The maximum atomic E-state index is 13.2. The van der Waals surface area contributed by atoms with E-state index in [1.54, 1.807) is 0 Å². The summed E-state index contributed by atoms with van der Waals surface area (Å²) in [6.07, 6.45) is 0.847. The SMILES string of the molecule is CCC(NC(C)CO)c1cc(F)cc(Br)c1. The molecule has 1 aromatic rings. The van der Waals surface area contributed by atoms with Crippen molar-refractivity contribution in [2.75, 3.05) is 6.61 Å². The predicted octanol–water partition coefficient (Wildman–Crippen LogP) is 3.01. The number of nitrogens with one attached hydrogen (secondary N) is 1. The van der Waals surface area contributed by atoms with Crippen LogP contribution in [0.25, 0.3) is 0 Å². The zero-order chi connectivity index (χ0) is 12.1. The molecule has 1 aromatic carbocycles. The minimum absolute atomic E-state index is 0.00647. The van der Waals surface area contributed by atoms with Gasteiger partial charge in [-0.05, 0) is 37.1 Å². The van der Waals surface area contributed by atoms with Crippen LogP contribution in [0, 0.1) is 5.82 Å². The van der Waals surface area contributed by atoms with Crippen LogP contribution in [0.4, 0.5) is 4.39 Å². The van der Waals surface area contributed by atoms with E-state index in [0.717, 1.165) is 16.5 Å². The standard InChI is InChI=1S/C12H17BrFNO/c1-3-12(15-8(2)7-16)9-4-10(13)6-11(14)5-9/h4-6,8,12,15-16H,3,7H2,1-2H3. The van der Waals surface area contributed by atoms with Crippen LogP contribution in [0.1, 0.15) is 31.9 Å². The average Bonchev–Trinajstić information content (AvgIpc) is 2.24. The van der Waals surface area contributed by atoms with Crippen molar-refractivity contribution in [3.05, 3.63) is 34.1 Å². The van der Waals surface area contributed by atoms with Gasteiger partial charge in [-0.3, -0.25) is 0 Å². The van der Waals surface area contributed by atoms with E-state index in [0.29, 0.717) is 0 Å². The number of hydrogen-bond acceptors (Lipinski definition) is 2. The molecule has 0 aliphatic carbocycles. The second kappa shape index (κ2) is 6.33. The molecule has 0 saturated carbocycles. The molecule has 4 heteroatoms. The molecule has 0 bridgehead atoms. The van der Waals surface area contributed by atoms with E-state index < -0.39 is 0 Å². The Morgan fingerprint density at radius 3 is 2.62 bits per heavy atom. The molecular weight excluding hydrogens is 273 g/mol. The molecule has 0 saturated heterocycles. The molecule has 1 rings (SSSR count). The maximum absolute atomic E-state index is 13.2. The summed E-state index contributed by atoms with van der Waals surface area (Å²) in [6, 6.07) is 4.93. The first kappa shape index (κ1) is 13.6. The van der Waals surface area contributed by atoms with Gasteiger partial charge in [-0.15, -0.1) is 0 Å². The highest BCUT2D eigenvalue weighted by Gasteiger charge is 2.13. The van der Waals surface area contributed by atoms with Gasteiger partial charge in [0.1, 0.15) is 5.82 Å². The molecule has 2 nitrogen and oxygen atoms in total.